The molecule has 1 fully saturated rings. The lowest BCUT2D eigenvalue weighted by molar-refractivity contribution is 0.350. The molecule has 4 nitrogen and oxygen atoms in total. The van der Waals surface area contributed by atoms with Crippen LogP contribution in [0.5, 0.6) is 0 Å². The number of hydrogen-bond acceptors (Lipinski definition) is 4. The molecule has 1 saturated heterocycles. The summed E-state index contributed by atoms with van der Waals surface area (Å²) in [5.41, 5.74) is 1.42. The highest BCUT2D eigenvalue weighted by atomic mass is 15.3. The van der Waals surface area contributed by atoms with Gasteiger partial charge in [-0.25, -0.2) is 9.97 Å². The second-order valence-corrected chi connectivity index (χ2v) is 6.75. The average Bonchev–Trinajstić information content (AvgIpc) is 2.27. The minimum Gasteiger partial charge on any atom is -0.338 e. The van der Waals surface area contributed by atoms with Crippen LogP contribution in [0.1, 0.15) is 40.2 Å². The minimum absolute atomic E-state index is 0.112. The molecule has 2 rings (SSSR count). The van der Waals surface area contributed by atoms with Crippen molar-refractivity contribution >= 4 is 5.95 Å². The first kappa shape index (κ1) is 13.3. The fraction of sp³-hybridized carbons (Fsp3) is 0.714. The fourth-order valence-electron chi connectivity index (χ4n) is 2.18. The van der Waals surface area contributed by atoms with Crippen molar-refractivity contribution in [2.24, 2.45) is 0 Å². The molecule has 1 aliphatic heterocycles. The number of hydrogen-bond donors (Lipinski definition) is 1. The number of aromatic nitrogens is 2. The van der Waals surface area contributed by atoms with Crippen LogP contribution in [0.15, 0.2) is 12.4 Å². The van der Waals surface area contributed by atoms with E-state index in [1.165, 1.54) is 5.56 Å². The van der Waals surface area contributed by atoms with E-state index in [9.17, 15) is 0 Å². The predicted octanol–water partition coefficient (Wildman–Crippen LogP) is 1.96. The maximum absolute atomic E-state index is 4.52. The largest absolute Gasteiger partial charge is 0.338 e. The fourth-order valence-corrected chi connectivity index (χ4v) is 2.18. The molecule has 0 unspecified atom stereocenters. The lowest BCUT2D eigenvalue weighted by Gasteiger charge is -2.39. The van der Waals surface area contributed by atoms with Gasteiger partial charge in [0.05, 0.1) is 0 Å². The van der Waals surface area contributed by atoms with E-state index in [4.69, 9.17) is 0 Å². The summed E-state index contributed by atoms with van der Waals surface area (Å²) in [7, 11) is 0. The lowest BCUT2D eigenvalue weighted by atomic mass is 9.89. The van der Waals surface area contributed by atoms with Gasteiger partial charge in [-0.15, -0.1) is 0 Å². The summed E-state index contributed by atoms with van der Waals surface area (Å²) in [6.45, 7) is 13.9. The molecule has 1 aromatic heterocycles. The molecule has 4 heteroatoms. The molecule has 2 heterocycles. The quantitative estimate of drug-likeness (QED) is 0.825. The van der Waals surface area contributed by atoms with Gasteiger partial charge in [-0.3, -0.25) is 0 Å². The van der Waals surface area contributed by atoms with Crippen LogP contribution in [-0.2, 0) is 5.41 Å². The van der Waals surface area contributed by atoms with E-state index in [1.807, 2.05) is 12.4 Å². The summed E-state index contributed by atoms with van der Waals surface area (Å²) >= 11 is 0. The Labute approximate surface area is 110 Å². The first-order valence-corrected chi connectivity index (χ1v) is 6.60. The second kappa shape index (κ2) is 4.50. The third-order valence-corrected chi connectivity index (χ3v) is 3.36. The van der Waals surface area contributed by atoms with Gasteiger partial charge in [0.15, 0.2) is 0 Å². The normalized spacial score (nSPS) is 19.9. The zero-order valence-electron chi connectivity index (χ0n) is 12.1. The van der Waals surface area contributed by atoms with Crippen molar-refractivity contribution in [2.45, 2.75) is 45.6 Å². The number of rotatable bonds is 1. The van der Waals surface area contributed by atoms with Gasteiger partial charge >= 0.3 is 0 Å². The first-order valence-electron chi connectivity index (χ1n) is 6.60. The van der Waals surface area contributed by atoms with E-state index in [1.54, 1.807) is 0 Å². The molecule has 0 saturated carbocycles. The van der Waals surface area contributed by atoms with Gasteiger partial charge in [-0.05, 0) is 24.8 Å². The Morgan fingerprint density at radius 2 is 1.83 bits per heavy atom. The zero-order valence-corrected chi connectivity index (χ0v) is 12.1. The minimum atomic E-state index is 0.112. The molecule has 0 aliphatic carbocycles. The van der Waals surface area contributed by atoms with E-state index in [0.717, 1.165) is 25.6 Å². The molecule has 0 amide bonds. The Bertz CT molecular complexity index is 403. The Balaban J connectivity index is 2.15. The van der Waals surface area contributed by atoms with Gasteiger partial charge in [0.25, 0.3) is 0 Å². The summed E-state index contributed by atoms with van der Waals surface area (Å²) in [5.74, 6) is 0.845. The molecule has 0 atom stereocenters. The highest BCUT2D eigenvalue weighted by Crippen LogP contribution is 2.22. The van der Waals surface area contributed by atoms with Gasteiger partial charge in [-0.2, -0.15) is 0 Å². The third kappa shape index (κ3) is 2.99. The topological polar surface area (TPSA) is 41.1 Å². The van der Waals surface area contributed by atoms with Crippen molar-refractivity contribution in [1.29, 1.82) is 0 Å². The Kier molecular flexibility index (Phi) is 3.32. The zero-order chi connectivity index (χ0) is 13.4. The molecule has 1 aliphatic rings. The number of anilines is 1. The van der Waals surface area contributed by atoms with Crippen LogP contribution < -0.4 is 10.2 Å². The molecule has 0 aromatic carbocycles. The summed E-state index contributed by atoms with van der Waals surface area (Å²) < 4.78 is 0. The highest BCUT2D eigenvalue weighted by molar-refractivity contribution is 5.33. The van der Waals surface area contributed by atoms with E-state index >= 15 is 0 Å². The molecule has 0 bridgehead atoms. The van der Waals surface area contributed by atoms with E-state index < -0.39 is 0 Å². The monoisotopic (exact) mass is 248 g/mol. The molecular formula is C14H24N4. The summed E-state index contributed by atoms with van der Waals surface area (Å²) in [6, 6.07) is 0. The van der Waals surface area contributed by atoms with Crippen molar-refractivity contribution in [1.82, 2.24) is 15.3 Å². The number of nitrogens with one attached hydrogen (secondary N) is 1. The molecule has 1 N–H and O–H groups in total. The summed E-state index contributed by atoms with van der Waals surface area (Å²) in [5, 5.41) is 3.50. The van der Waals surface area contributed by atoms with Crippen LogP contribution in [0.2, 0.25) is 0 Å². The van der Waals surface area contributed by atoms with Crippen LogP contribution in [0.4, 0.5) is 5.95 Å². The van der Waals surface area contributed by atoms with Crippen LogP contribution in [0.3, 0.4) is 0 Å². The SMILES string of the molecule is CC1(C)CN(c2ncc(C(C)(C)C)cn2)CCN1. The van der Waals surface area contributed by atoms with Crippen molar-refractivity contribution < 1.29 is 0 Å². The van der Waals surface area contributed by atoms with Gasteiger partial charge in [0.2, 0.25) is 5.95 Å². The van der Waals surface area contributed by atoms with Gasteiger partial charge in [0.1, 0.15) is 0 Å². The van der Waals surface area contributed by atoms with Crippen LogP contribution >= 0.6 is 0 Å². The van der Waals surface area contributed by atoms with Crippen molar-refractivity contribution in [3.8, 4) is 0 Å². The maximum Gasteiger partial charge on any atom is 0.225 e. The van der Waals surface area contributed by atoms with Gasteiger partial charge < -0.3 is 10.2 Å². The molecule has 1 aromatic rings. The van der Waals surface area contributed by atoms with Crippen molar-refractivity contribution in [2.75, 3.05) is 24.5 Å². The predicted molar refractivity (Wildman–Crippen MR) is 75.0 cm³/mol. The first-order chi connectivity index (χ1) is 8.28. The Hall–Kier alpha value is -1.16. The second-order valence-electron chi connectivity index (χ2n) is 6.75. The Morgan fingerprint density at radius 1 is 1.22 bits per heavy atom. The van der Waals surface area contributed by atoms with Crippen LogP contribution in [0, 0.1) is 0 Å². The number of piperazine rings is 1. The smallest absolute Gasteiger partial charge is 0.225 e. The average molecular weight is 248 g/mol. The molecule has 0 spiro atoms. The van der Waals surface area contributed by atoms with E-state index in [-0.39, 0.29) is 11.0 Å². The molecule has 18 heavy (non-hydrogen) atoms. The maximum atomic E-state index is 4.52. The Morgan fingerprint density at radius 3 is 2.33 bits per heavy atom. The lowest BCUT2D eigenvalue weighted by Crippen LogP contribution is -2.57. The molecule has 0 radical (unpaired) electrons. The van der Waals surface area contributed by atoms with E-state index in [0.29, 0.717) is 0 Å². The third-order valence-electron chi connectivity index (χ3n) is 3.36. The van der Waals surface area contributed by atoms with Crippen LogP contribution in [0.25, 0.3) is 0 Å². The van der Waals surface area contributed by atoms with Crippen molar-refractivity contribution in [3.63, 3.8) is 0 Å². The standard InChI is InChI=1S/C14H24N4/c1-13(2,3)11-8-15-12(16-9-11)18-7-6-17-14(4,5)10-18/h8-9,17H,6-7,10H2,1-5H3. The molecule has 100 valence electrons. The van der Waals surface area contributed by atoms with Crippen molar-refractivity contribution in [3.05, 3.63) is 18.0 Å². The summed E-state index contributed by atoms with van der Waals surface area (Å²) in [4.78, 5) is 11.3. The molecular weight excluding hydrogens is 224 g/mol. The van der Waals surface area contributed by atoms with Gasteiger partial charge in [0, 0.05) is 37.6 Å². The summed E-state index contributed by atoms with van der Waals surface area (Å²) in [6.07, 6.45) is 3.91. The van der Waals surface area contributed by atoms with Crippen LogP contribution in [-0.4, -0.2) is 35.1 Å². The highest BCUT2D eigenvalue weighted by Gasteiger charge is 2.27. The number of nitrogens with zero attached hydrogens (tertiary/aromatic N) is 3. The van der Waals surface area contributed by atoms with E-state index in [2.05, 4.69) is 54.8 Å². The van der Waals surface area contributed by atoms with Gasteiger partial charge in [-0.1, -0.05) is 20.8 Å².